The highest BCUT2D eigenvalue weighted by molar-refractivity contribution is 6.36. The molecule has 0 aromatic heterocycles. The van der Waals surface area contributed by atoms with Gasteiger partial charge in [0.2, 0.25) is 0 Å². The zero-order chi connectivity index (χ0) is 19.5. The molecule has 0 fully saturated rings. The van der Waals surface area contributed by atoms with E-state index in [1.54, 1.807) is 6.33 Å². The SMILES string of the molecule is CCCc1ccc(Nc2ncn(Cc3c(Cl)cccc3Cl)c3ncnc2-3)cc1. The summed E-state index contributed by atoms with van der Waals surface area (Å²) in [7, 11) is 0. The van der Waals surface area contributed by atoms with Gasteiger partial charge in [0.1, 0.15) is 6.33 Å². The minimum absolute atomic E-state index is 0.465. The van der Waals surface area contributed by atoms with Crippen molar-refractivity contribution in [3.63, 3.8) is 0 Å². The Balaban J connectivity index is 1.62. The van der Waals surface area contributed by atoms with Crippen LogP contribution < -0.4 is 5.32 Å². The average Bonchev–Trinajstić information content (AvgIpc) is 3.18. The van der Waals surface area contributed by atoms with Crippen LogP contribution in [-0.2, 0) is 13.0 Å². The third-order valence-electron chi connectivity index (χ3n) is 4.55. The zero-order valence-electron chi connectivity index (χ0n) is 15.4. The maximum Gasteiger partial charge on any atom is 0.165 e. The van der Waals surface area contributed by atoms with Crippen molar-refractivity contribution >= 4 is 34.7 Å². The van der Waals surface area contributed by atoms with Gasteiger partial charge in [0, 0.05) is 21.3 Å². The van der Waals surface area contributed by atoms with Crippen molar-refractivity contribution in [2.45, 2.75) is 26.3 Å². The summed E-state index contributed by atoms with van der Waals surface area (Å²) in [6.07, 6.45) is 5.47. The maximum atomic E-state index is 6.31. The fourth-order valence-corrected chi connectivity index (χ4v) is 3.64. The minimum atomic E-state index is 0.465. The lowest BCUT2D eigenvalue weighted by Gasteiger charge is -2.15. The molecule has 2 aliphatic heterocycles. The number of aromatic nitrogens is 4. The number of nitrogens with zero attached hydrogens (tertiary/aromatic N) is 4. The normalized spacial score (nSPS) is 11.1. The first kappa shape index (κ1) is 18.7. The van der Waals surface area contributed by atoms with Crippen LogP contribution in [0.15, 0.2) is 55.1 Å². The molecule has 0 amide bonds. The smallest absolute Gasteiger partial charge is 0.165 e. The molecule has 0 unspecified atom stereocenters. The molecule has 0 aliphatic carbocycles. The summed E-state index contributed by atoms with van der Waals surface area (Å²) in [5, 5.41) is 4.56. The molecule has 0 saturated heterocycles. The van der Waals surface area contributed by atoms with Crippen molar-refractivity contribution < 1.29 is 0 Å². The molecule has 2 aliphatic rings. The highest BCUT2D eigenvalue weighted by Gasteiger charge is 2.18. The third kappa shape index (κ3) is 3.81. The van der Waals surface area contributed by atoms with E-state index in [0.717, 1.165) is 29.9 Å². The van der Waals surface area contributed by atoms with Gasteiger partial charge in [-0.3, -0.25) is 0 Å². The summed E-state index contributed by atoms with van der Waals surface area (Å²) < 4.78 is 1.89. The second-order valence-corrected chi connectivity index (χ2v) is 7.35. The molecular weight excluding hydrogens is 393 g/mol. The predicted molar refractivity (Wildman–Crippen MR) is 114 cm³/mol. The molecule has 4 rings (SSSR count). The number of halogens is 2. The van der Waals surface area contributed by atoms with Crippen LogP contribution in [0.25, 0.3) is 11.5 Å². The Morgan fingerprint density at radius 2 is 1.71 bits per heavy atom. The molecule has 0 saturated carbocycles. The van der Waals surface area contributed by atoms with E-state index in [1.807, 2.05) is 22.8 Å². The third-order valence-corrected chi connectivity index (χ3v) is 5.25. The molecule has 7 heteroatoms. The average molecular weight is 412 g/mol. The van der Waals surface area contributed by atoms with Crippen LogP contribution in [0.2, 0.25) is 10.0 Å². The van der Waals surface area contributed by atoms with E-state index < -0.39 is 0 Å². The molecule has 0 atom stereocenters. The number of hydrogen-bond acceptors (Lipinski definition) is 4. The first-order valence-electron chi connectivity index (χ1n) is 9.10. The number of hydrogen-bond donors (Lipinski definition) is 1. The van der Waals surface area contributed by atoms with Gasteiger partial charge in [0.15, 0.2) is 17.3 Å². The fourth-order valence-electron chi connectivity index (χ4n) is 3.12. The van der Waals surface area contributed by atoms with Gasteiger partial charge in [0.25, 0.3) is 0 Å². The number of benzene rings is 2. The lowest BCUT2D eigenvalue weighted by atomic mass is 10.1. The quantitative estimate of drug-likeness (QED) is 0.433. The highest BCUT2D eigenvalue weighted by atomic mass is 35.5. The first-order chi connectivity index (χ1) is 13.7. The van der Waals surface area contributed by atoms with E-state index >= 15 is 0 Å². The Labute approximate surface area is 173 Å². The molecule has 0 radical (unpaired) electrons. The number of fused-ring (bicyclic) bond motifs is 1. The topological polar surface area (TPSA) is 55.6 Å². The molecule has 5 nitrogen and oxygen atoms in total. The van der Waals surface area contributed by atoms with E-state index in [2.05, 4.69) is 51.5 Å². The largest absolute Gasteiger partial charge is 0.338 e. The second kappa shape index (κ2) is 8.17. The summed E-state index contributed by atoms with van der Waals surface area (Å²) in [5.74, 6) is 1.38. The summed E-state index contributed by atoms with van der Waals surface area (Å²) in [5.41, 5.74) is 3.81. The van der Waals surface area contributed by atoms with Crippen LogP contribution in [0.5, 0.6) is 0 Å². The summed E-state index contributed by atoms with van der Waals surface area (Å²) >= 11 is 12.6. The summed E-state index contributed by atoms with van der Waals surface area (Å²) in [4.78, 5) is 13.3. The van der Waals surface area contributed by atoms with E-state index in [4.69, 9.17) is 23.2 Å². The van der Waals surface area contributed by atoms with Crippen LogP contribution in [0.1, 0.15) is 24.5 Å². The van der Waals surface area contributed by atoms with Gasteiger partial charge in [-0.25, -0.2) is 15.0 Å². The van der Waals surface area contributed by atoms with E-state index in [1.165, 1.54) is 11.9 Å². The molecule has 1 N–H and O–H groups in total. The molecular formula is C21H19Cl2N5. The van der Waals surface area contributed by atoms with Gasteiger partial charge in [0.05, 0.1) is 12.9 Å². The molecule has 0 spiro atoms. The van der Waals surface area contributed by atoms with Crippen LogP contribution >= 0.6 is 23.2 Å². The molecule has 2 aromatic carbocycles. The van der Waals surface area contributed by atoms with Crippen molar-refractivity contribution in [1.29, 1.82) is 0 Å². The zero-order valence-corrected chi connectivity index (χ0v) is 16.9. The first-order valence-corrected chi connectivity index (χ1v) is 9.86. The lowest BCUT2D eigenvalue weighted by Crippen LogP contribution is -2.10. The van der Waals surface area contributed by atoms with Crippen molar-refractivity contribution in [2.24, 2.45) is 0 Å². The lowest BCUT2D eigenvalue weighted by molar-refractivity contribution is 0.762. The van der Waals surface area contributed by atoms with Gasteiger partial charge in [-0.1, -0.05) is 54.7 Å². The van der Waals surface area contributed by atoms with Gasteiger partial charge in [-0.15, -0.1) is 0 Å². The fraction of sp³-hybridized carbons (Fsp3) is 0.190. The number of aryl methyl sites for hydroxylation is 1. The monoisotopic (exact) mass is 411 g/mol. The summed E-state index contributed by atoms with van der Waals surface area (Å²) in [6, 6.07) is 13.8. The van der Waals surface area contributed by atoms with Crippen LogP contribution in [-0.4, -0.2) is 19.5 Å². The molecule has 0 bridgehead atoms. The number of anilines is 2. The molecule has 142 valence electrons. The number of imidazole rings is 1. The highest BCUT2D eigenvalue weighted by Crippen LogP contribution is 2.30. The molecule has 2 aromatic rings. The van der Waals surface area contributed by atoms with Crippen LogP contribution in [0.4, 0.5) is 11.5 Å². The van der Waals surface area contributed by atoms with E-state index in [9.17, 15) is 0 Å². The van der Waals surface area contributed by atoms with Crippen LogP contribution in [0.3, 0.4) is 0 Å². The predicted octanol–water partition coefficient (Wildman–Crippen LogP) is 5.83. The Kier molecular flexibility index (Phi) is 5.46. The van der Waals surface area contributed by atoms with Crippen molar-refractivity contribution in [2.75, 3.05) is 5.32 Å². The van der Waals surface area contributed by atoms with Crippen molar-refractivity contribution in [3.05, 3.63) is 76.3 Å². The second-order valence-electron chi connectivity index (χ2n) is 6.54. The number of nitrogens with one attached hydrogen (secondary N) is 1. The van der Waals surface area contributed by atoms with Gasteiger partial charge >= 0.3 is 0 Å². The van der Waals surface area contributed by atoms with Gasteiger partial charge in [-0.2, -0.15) is 0 Å². The Hall–Kier alpha value is -2.63. The maximum absolute atomic E-state index is 6.31. The molecule has 28 heavy (non-hydrogen) atoms. The minimum Gasteiger partial charge on any atom is -0.338 e. The van der Waals surface area contributed by atoms with Crippen LogP contribution in [0, 0.1) is 0 Å². The van der Waals surface area contributed by atoms with Gasteiger partial charge < -0.3 is 9.88 Å². The Morgan fingerprint density at radius 1 is 0.964 bits per heavy atom. The Morgan fingerprint density at radius 3 is 2.43 bits per heavy atom. The van der Waals surface area contributed by atoms with Crippen molar-refractivity contribution in [1.82, 2.24) is 19.5 Å². The van der Waals surface area contributed by atoms with Gasteiger partial charge in [-0.05, 0) is 36.2 Å². The molecule has 2 heterocycles. The summed E-state index contributed by atoms with van der Waals surface area (Å²) in [6.45, 7) is 2.64. The Bertz CT molecular complexity index is 1040. The number of rotatable bonds is 6. The van der Waals surface area contributed by atoms with E-state index in [0.29, 0.717) is 28.1 Å². The van der Waals surface area contributed by atoms with Crippen molar-refractivity contribution in [3.8, 4) is 11.5 Å². The van der Waals surface area contributed by atoms with E-state index in [-0.39, 0.29) is 0 Å². The standard InChI is InChI=1S/C21H19Cl2N5/c1-2-4-14-7-9-15(10-8-14)27-20-19-21(25-12-24-19)28(13-26-20)11-16-17(22)5-3-6-18(16)23/h3,5-10,12-13,27H,2,4,11H2,1H3.